The number of Topliss-reactive ketones (excluding diaryl/α,β-unsaturated/α-hetero) is 1. The Morgan fingerprint density at radius 2 is 1.95 bits per heavy atom. The number of hydrogen-bond acceptors (Lipinski definition) is 2. The third-order valence-corrected chi connectivity index (χ3v) is 6.08. The zero-order valence-corrected chi connectivity index (χ0v) is 13.0. The number of fused-ring (bicyclic) bond motifs is 1. The number of phenols is 1. The van der Waals surface area contributed by atoms with Crippen LogP contribution in [0.25, 0.3) is 0 Å². The van der Waals surface area contributed by atoms with Crippen molar-refractivity contribution in [1.82, 2.24) is 0 Å². The summed E-state index contributed by atoms with van der Waals surface area (Å²) in [6, 6.07) is 1.62. The fraction of sp³-hybridized carbons (Fsp3) is 0.562. The smallest absolute Gasteiger partial charge is 0.171 e. The maximum Gasteiger partial charge on any atom is 0.171 e. The average Bonchev–Trinajstić information content (AvgIpc) is 3.04. The summed E-state index contributed by atoms with van der Waals surface area (Å²) in [6.45, 7) is 2.08. The van der Waals surface area contributed by atoms with Gasteiger partial charge >= 0.3 is 0 Å². The van der Waals surface area contributed by atoms with Crippen LogP contribution in [-0.4, -0.2) is 10.9 Å². The Morgan fingerprint density at radius 1 is 1.30 bits per heavy atom. The third-order valence-electron chi connectivity index (χ3n) is 5.22. The number of rotatable bonds is 2. The molecule has 0 aliphatic heterocycles. The van der Waals surface area contributed by atoms with Gasteiger partial charge in [0.1, 0.15) is 10.8 Å². The summed E-state index contributed by atoms with van der Waals surface area (Å²) in [7, 11) is 0. The van der Waals surface area contributed by atoms with E-state index in [1.165, 1.54) is 12.8 Å². The van der Waals surface area contributed by atoms with Crippen LogP contribution in [0.2, 0.25) is 10.0 Å². The first-order valence-electron chi connectivity index (χ1n) is 7.26. The Balaban J connectivity index is 2.11. The number of ketones is 1. The molecule has 0 aromatic heterocycles. The number of carbonyl (C=O) groups is 1. The number of carbonyl (C=O) groups excluding carboxylic acids is 1. The molecule has 1 fully saturated rings. The molecular weight excluding hydrogens is 295 g/mol. The van der Waals surface area contributed by atoms with E-state index in [0.717, 1.165) is 24.8 Å². The van der Waals surface area contributed by atoms with Crippen LogP contribution >= 0.6 is 23.2 Å². The van der Waals surface area contributed by atoms with E-state index < -0.39 is 0 Å². The van der Waals surface area contributed by atoms with Crippen molar-refractivity contribution in [2.45, 2.75) is 45.4 Å². The van der Waals surface area contributed by atoms with E-state index in [-0.39, 0.29) is 27.0 Å². The van der Waals surface area contributed by atoms with Crippen molar-refractivity contribution in [2.24, 2.45) is 11.3 Å². The van der Waals surface area contributed by atoms with Gasteiger partial charge in [-0.3, -0.25) is 4.79 Å². The summed E-state index contributed by atoms with van der Waals surface area (Å²) >= 11 is 12.2. The van der Waals surface area contributed by atoms with Gasteiger partial charge in [-0.1, -0.05) is 43.0 Å². The molecule has 1 saturated carbocycles. The highest BCUT2D eigenvalue weighted by atomic mass is 35.5. The van der Waals surface area contributed by atoms with E-state index in [1.54, 1.807) is 6.07 Å². The molecular formula is C16H18Cl2O2. The van der Waals surface area contributed by atoms with Crippen LogP contribution in [0.5, 0.6) is 5.75 Å². The van der Waals surface area contributed by atoms with Gasteiger partial charge in [-0.05, 0) is 43.2 Å². The molecule has 1 N–H and O–H groups in total. The quantitative estimate of drug-likeness (QED) is 0.832. The molecule has 0 heterocycles. The molecule has 0 saturated heterocycles. The van der Waals surface area contributed by atoms with E-state index in [2.05, 4.69) is 6.92 Å². The molecule has 1 aromatic carbocycles. The standard InChI is InChI=1S/C16H18Cl2O2/c1-2-16(10-5-3-4-6-10)8-9-7-11(19)13(17)14(18)12(9)15(16)20/h7,10,19H,2-6,8H2,1H3/t16-/m0/s1. The summed E-state index contributed by atoms with van der Waals surface area (Å²) in [5.74, 6) is 0.541. The first-order valence-corrected chi connectivity index (χ1v) is 8.01. The number of phenolic OH excluding ortho intramolecular Hbond substituents is 1. The number of benzene rings is 1. The van der Waals surface area contributed by atoms with Crippen molar-refractivity contribution in [3.63, 3.8) is 0 Å². The second-order valence-electron chi connectivity index (χ2n) is 6.05. The van der Waals surface area contributed by atoms with Gasteiger partial charge in [0.2, 0.25) is 0 Å². The SMILES string of the molecule is CC[C@@]1(C2CCCC2)Cc2cc(O)c(Cl)c(Cl)c2C1=O. The van der Waals surface area contributed by atoms with E-state index in [9.17, 15) is 9.90 Å². The van der Waals surface area contributed by atoms with Gasteiger partial charge in [0, 0.05) is 11.0 Å². The zero-order chi connectivity index (χ0) is 14.5. The molecule has 108 valence electrons. The average molecular weight is 313 g/mol. The molecule has 1 aromatic rings. The molecule has 1 atom stereocenters. The van der Waals surface area contributed by atoms with Crippen molar-refractivity contribution in [3.8, 4) is 5.75 Å². The Bertz CT molecular complexity index is 576. The molecule has 0 bridgehead atoms. The van der Waals surface area contributed by atoms with Crippen LogP contribution in [0, 0.1) is 11.3 Å². The maximum atomic E-state index is 13.0. The van der Waals surface area contributed by atoms with Crippen molar-refractivity contribution < 1.29 is 9.90 Å². The minimum absolute atomic E-state index is 0.0264. The molecule has 2 aliphatic carbocycles. The van der Waals surface area contributed by atoms with Crippen molar-refractivity contribution >= 4 is 29.0 Å². The lowest BCUT2D eigenvalue weighted by Gasteiger charge is -2.32. The van der Waals surface area contributed by atoms with E-state index in [4.69, 9.17) is 23.2 Å². The van der Waals surface area contributed by atoms with E-state index in [0.29, 0.717) is 17.9 Å². The maximum absolute atomic E-state index is 13.0. The predicted octanol–water partition coefficient (Wildman–Crippen LogP) is 5.02. The Kier molecular flexibility index (Phi) is 3.50. The molecule has 0 unspecified atom stereocenters. The van der Waals surface area contributed by atoms with E-state index >= 15 is 0 Å². The van der Waals surface area contributed by atoms with Gasteiger partial charge in [-0.2, -0.15) is 0 Å². The summed E-state index contributed by atoms with van der Waals surface area (Å²) in [5.41, 5.74) is 1.07. The predicted molar refractivity (Wildman–Crippen MR) is 80.8 cm³/mol. The molecule has 4 heteroatoms. The minimum atomic E-state index is -0.334. The monoisotopic (exact) mass is 312 g/mol. The van der Waals surface area contributed by atoms with Crippen LogP contribution < -0.4 is 0 Å². The highest BCUT2D eigenvalue weighted by Crippen LogP contribution is 2.53. The van der Waals surface area contributed by atoms with Crippen LogP contribution in [0.15, 0.2) is 6.07 Å². The Labute approximate surface area is 129 Å². The second kappa shape index (κ2) is 4.92. The van der Waals surface area contributed by atoms with Gasteiger partial charge in [0.05, 0.1) is 5.02 Å². The molecule has 3 rings (SSSR count). The highest BCUT2D eigenvalue weighted by Gasteiger charge is 2.51. The molecule has 2 nitrogen and oxygen atoms in total. The summed E-state index contributed by atoms with van der Waals surface area (Å²) < 4.78 is 0. The lowest BCUT2D eigenvalue weighted by atomic mass is 9.69. The molecule has 0 spiro atoms. The van der Waals surface area contributed by atoms with Crippen LogP contribution in [0.4, 0.5) is 0 Å². The summed E-state index contributed by atoms with van der Waals surface area (Å²) in [5, 5.41) is 10.1. The third kappa shape index (κ3) is 1.81. The minimum Gasteiger partial charge on any atom is -0.506 e. The highest BCUT2D eigenvalue weighted by molar-refractivity contribution is 6.45. The first kappa shape index (κ1) is 14.2. The lowest BCUT2D eigenvalue weighted by Crippen LogP contribution is -2.34. The molecule has 0 amide bonds. The van der Waals surface area contributed by atoms with Crippen LogP contribution in [0.3, 0.4) is 0 Å². The topological polar surface area (TPSA) is 37.3 Å². The number of hydrogen-bond donors (Lipinski definition) is 1. The van der Waals surface area contributed by atoms with E-state index in [1.807, 2.05) is 0 Å². The largest absolute Gasteiger partial charge is 0.506 e. The molecule has 20 heavy (non-hydrogen) atoms. The van der Waals surface area contributed by atoms with Crippen LogP contribution in [-0.2, 0) is 6.42 Å². The summed E-state index contributed by atoms with van der Waals surface area (Å²) in [4.78, 5) is 13.0. The zero-order valence-electron chi connectivity index (χ0n) is 11.5. The van der Waals surface area contributed by atoms with Crippen LogP contribution in [0.1, 0.15) is 54.9 Å². The number of aromatic hydroxyl groups is 1. The Morgan fingerprint density at radius 3 is 2.55 bits per heavy atom. The van der Waals surface area contributed by atoms with Crippen molar-refractivity contribution in [2.75, 3.05) is 0 Å². The fourth-order valence-electron chi connectivity index (χ4n) is 4.10. The second-order valence-corrected chi connectivity index (χ2v) is 6.81. The van der Waals surface area contributed by atoms with Gasteiger partial charge in [0.15, 0.2) is 5.78 Å². The molecule has 2 aliphatic rings. The number of halogens is 2. The van der Waals surface area contributed by atoms with Crippen molar-refractivity contribution in [1.29, 1.82) is 0 Å². The summed E-state index contributed by atoms with van der Waals surface area (Å²) in [6.07, 6.45) is 6.15. The molecule has 0 radical (unpaired) electrons. The fourth-order valence-corrected chi connectivity index (χ4v) is 4.55. The Hall–Kier alpha value is -0.730. The van der Waals surface area contributed by atoms with Gasteiger partial charge < -0.3 is 5.11 Å². The van der Waals surface area contributed by atoms with Gasteiger partial charge in [-0.25, -0.2) is 0 Å². The van der Waals surface area contributed by atoms with Gasteiger partial charge in [0.25, 0.3) is 0 Å². The first-order chi connectivity index (χ1) is 9.51. The van der Waals surface area contributed by atoms with Crippen molar-refractivity contribution in [3.05, 3.63) is 27.2 Å². The van der Waals surface area contributed by atoms with Gasteiger partial charge in [-0.15, -0.1) is 0 Å². The normalized spacial score (nSPS) is 26.2. The lowest BCUT2D eigenvalue weighted by molar-refractivity contribution is 0.0691.